The van der Waals surface area contributed by atoms with Gasteiger partial charge in [-0.3, -0.25) is 0 Å². The van der Waals surface area contributed by atoms with Crippen LogP contribution in [-0.4, -0.2) is 15.2 Å². The zero-order valence-corrected chi connectivity index (χ0v) is 9.92. The Morgan fingerprint density at radius 3 is 2.75 bits per heavy atom. The van der Waals surface area contributed by atoms with Crippen LogP contribution in [-0.2, 0) is 0 Å². The van der Waals surface area contributed by atoms with E-state index in [0.29, 0.717) is 5.82 Å². The summed E-state index contributed by atoms with van der Waals surface area (Å²) in [5.74, 6) is 0.396. The van der Waals surface area contributed by atoms with Gasteiger partial charge in [-0.15, -0.1) is 10.2 Å². The molecule has 6 heteroatoms. The standard InChI is InChI=1S/C10H8Cl2N4/c1-6-3-2-4-7(5-6)13-9-8(11)15-16-10(12)14-9/h2-5H,1H3,(H,13,14,16). The highest BCUT2D eigenvalue weighted by molar-refractivity contribution is 6.32. The maximum absolute atomic E-state index is 5.83. The lowest BCUT2D eigenvalue weighted by Crippen LogP contribution is -1.98. The molecule has 0 aliphatic carbocycles. The number of benzene rings is 1. The van der Waals surface area contributed by atoms with E-state index >= 15 is 0 Å². The van der Waals surface area contributed by atoms with Gasteiger partial charge in [-0.1, -0.05) is 23.7 Å². The van der Waals surface area contributed by atoms with Crippen molar-refractivity contribution in [2.45, 2.75) is 6.92 Å². The largest absolute Gasteiger partial charge is 0.337 e. The Labute approximate surface area is 103 Å². The van der Waals surface area contributed by atoms with Crippen molar-refractivity contribution in [3.63, 3.8) is 0 Å². The smallest absolute Gasteiger partial charge is 0.245 e. The Kier molecular flexibility index (Phi) is 3.22. The number of nitrogens with one attached hydrogen (secondary N) is 1. The van der Waals surface area contributed by atoms with Crippen molar-refractivity contribution < 1.29 is 0 Å². The van der Waals surface area contributed by atoms with Crippen LogP contribution < -0.4 is 5.32 Å². The average Bonchev–Trinajstić information content (AvgIpc) is 2.24. The number of hydrogen-bond acceptors (Lipinski definition) is 4. The maximum Gasteiger partial charge on any atom is 0.245 e. The minimum absolute atomic E-state index is 0.0551. The highest BCUT2D eigenvalue weighted by atomic mass is 35.5. The summed E-state index contributed by atoms with van der Waals surface area (Å²) in [5, 5.41) is 10.5. The molecule has 82 valence electrons. The maximum atomic E-state index is 5.83. The molecule has 1 N–H and O–H groups in total. The summed E-state index contributed by atoms with van der Waals surface area (Å²) in [5.41, 5.74) is 2.01. The molecule has 0 unspecified atom stereocenters. The number of aryl methyl sites for hydroxylation is 1. The van der Waals surface area contributed by atoms with E-state index in [0.717, 1.165) is 11.3 Å². The van der Waals surface area contributed by atoms with E-state index in [1.165, 1.54) is 0 Å². The van der Waals surface area contributed by atoms with Crippen molar-refractivity contribution in [1.29, 1.82) is 0 Å². The first-order chi connectivity index (χ1) is 7.65. The topological polar surface area (TPSA) is 50.7 Å². The van der Waals surface area contributed by atoms with Gasteiger partial charge in [0.15, 0.2) is 11.0 Å². The van der Waals surface area contributed by atoms with Crippen molar-refractivity contribution in [3.05, 3.63) is 40.3 Å². The van der Waals surface area contributed by atoms with Gasteiger partial charge in [-0.2, -0.15) is 4.98 Å². The Balaban J connectivity index is 2.30. The lowest BCUT2D eigenvalue weighted by Gasteiger charge is -2.06. The van der Waals surface area contributed by atoms with Gasteiger partial charge in [0.2, 0.25) is 5.28 Å². The molecule has 0 spiro atoms. The summed E-state index contributed by atoms with van der Waals surface area (Å²) in [6, 6.07) is 7.80. The zero-order chi connectivity index (χ0) is 11.5. The molecule has 0 saturated heterocycles. The molecule has 0 atom stereocenters. The molecule has 2 aromatic rings. The third kappa shape index (κ3) is 2.59. The summed E-state index contributed by atoms with van der Waals surface area (Å²) in [6.07, 6.45) is 0. The molecule has 0 bridgehead atoms. The van der Waals surface area contributed by atoms with Crippen LogP contribution in [0.15, 0.2) is 24.3 Å². The minimum atomic E-state index is 0.0551. The Bertz CT molecular complexity index is 516. The van der Waals surface area contributed by atoms with E-state index in [9.17, 15) is 0 Å². The quantitative estimate of drug-likeness (QED) is 0.894. The van der Waals surface area contributed by atoms with Crippen LogP contribution in [0, 0.1) is 6.92 Å². The van der Waals surface area contributed by atoms with E-state index in [-0.39, 0.29) is 10.4 Å². The number of aromatic nitrogens is 3. The second kappa shape index (κ2) is 4.63. The first-order valence-corrected chi connectivity index (χ1v) is 5.30. The second-order valence-corrected chi connectivity index (χ2v) is 3.91. The van der Waals surface area contributed by atoms with Crippen molar-refractivity contribution in [2.75, 3.05) is 5.32 Å². The highest BCUT2D eigenvalue weighted by Crippen LogP contribution is 2.21. The average molecular weight is 255 g/mol. The van der Waals surface area contributed by atoms with E-state index in [4.69, 9.17) is 23.2 Å². The van der Waals surface area contributed by atoms with Gasteiger partial charge in [0.1, 0.15) is 0 Å². The number of nitrogens with zero attached hydrogens (tertiary/aromatic N) is 3. The Morgan fingerprint density at radius 1 is 1.19 bits per heavy atom. The summed E-state index contributed by atoms with van der Waals surface area (Å²) >= 11 is 11.5. The van der Waals surface area contributed by atoms with Gasteiger partial charge in [0, 0.05) is 5.69 Å². The normalized spacial score (nSPS) is 10.2. The molecule has 4 nitrogen and oxygen atoms in total. The van der Waals surface area contributed by atoms with Crippen LogP contribution in [0.5, 0.6) is 0 Å². The highest BCUT2D eigenvalue weighted by Gasteiger charge is 2.06. The molecule has 2 rings (SSSR count). The number of rotatable bonds is 2. The lowest BCUT2D eigenvalue weighted by molar-refractivity contribution is 0.974. The zero-order valence-electron chi connectivity index (χ0n) is 8.41. The van der Waals surface area contributed by atoms with Gasteiger partial charge >= 0.3 is 0 Å². The monoisotopic (exact) mass is 254 g/mol. The first kappa shape index (κ1) is 11.1. The fourth-order valence-electron chi connectivity index (χ4n) is 1.23. The fourth-order valence-corrected chi connectivity index (χ4v) is 1.48. The van der Waals surface area contributed by atoms with E-state index < -0.39 is 0 Å². The lowest BCUT2D eigenvalue weighted by atomic mass is 10.2. The van der Waals surface area contributed by atoms with Crippen LogP contribution in [0.4, 0.5) is 11.5 Å². The van der Waals surface area contributed by atoms with Crippen LogP contribution in [0.1, 0.15) is 5.56 Å². The molecular weight excluding hydrogens is 247 g/mol. The molecule has 16 heavy (non-hydrogen) atoms. The molecule has 0 aliphatic rings. The van der Waals surface area contributed by atoms with Crippen molar-refractivity contribution in [3.8, 4) is 0 Å². The predicted octanol–water partition coefficient (Wildman–Crippen LogP) is 3.23. The van der Waals surface area contributed by atoms with Crippen LogP contribution in [0.2, 0.25) is 10.4 Å². The molecule has 1 heterocycles. The van der Waals surface area contributed by atoms with Crippen LogP contribution >= 0.6 is 23.2 Å². The van der Waals surface area contributed by atoms with Crippen molar-refractivity contribution in [1.82, 2.24) is 15.2 Å². The molecule has 0 amide bonds. The SMILES string of the molecule is Cc1cccc(Nc2nc(Cl)nnc2Cl)c1. The molecule has 0 fully saturated rings. The van der Waals surface area contributed by atoms with Gasteiger partial charge in [-0.05, 0) is 36.2 Å². The fraction of sp³-hybridized carbons (Fsp3) is 0.100. The molecule has 0 saturated carbocycles. The molecule has 1 aromatic heterocycles. The molecule has 0 aliphatic heterocycles. The summed E-state index contributed by atoms with van der Waals surface area (Å²) < 4.78 is 0. The van der Waals surface area contributed by atoms with E-state index in [1.54, 1.807) is 0 Å². The Hall–Kier alpha value is -1.39. The number of halogens is 2. The minimum Gasteiger partial charge on any atom is -0.337 e. The van der Waals surface area contributed by atoms with Crippen LogP contribution in [0.3, 0.4) is 0 Å². The van der Waals surface area contributed by atoms with Gasteiger partial charge in [0.05, 0.1) is 0 Å². The Morgan fingerprint density at radius 2 is 2.00 bits per heavy atom. The summed E-state index contributed by atoms with van der Waals surface area (Å²) in [4.78, 5) is 3.95. The molecular formula is C10H8Cl2N4. The number of anilines is 2. The number of hydrogen-bond donors (Lipinski definition) is 1. The third-order valence-corrected chi connectivity index (χ3v) is 2.32. The third-order valence-electron chi connectivity index (χ3n) is 1.90. The van der Waals surface area contributed by atoms with Gasteiger partial charge in [0.25, 0.3) is 0 Å². The van der Waals surface area contributed by atoms with E-state index in [1.807, 2.05) is 31.2 Å². The van der Waals surface area contributed by atoms with Gasteiger partial charge < -0.3 is 5.32 Å². The second-order valence-electron chi connectivity index (χ2n) is 3.21. The molecule has 0 radical (unpaired) electrons. The van der Waals surface area contributed by atoms with E-state index in [2.05, 4.69) is 20.5 Å². The van der Waals surface area contributed by atoms with Crippen molar-refractivity contribution in [2.24, 2.45) is 0 Å². The summed E-state index contributed by atoms with van der Waals surface area (Å²) in [7, 11) is 0. The first-order valence-electron chi connectivity index (χ1n) is 4.54. The molecule has 1 aromatic carbocycles. The van der Waals surface area contributed by atoms with Crippen LogP contribution in [0.25, 0.3) is 0 Å². The summed E-state index contributed by atoms with van der Waals surface area (Å²) in [6.45, 7) is 2.00. The van der Waals surface area contributed by atoms with Gasteiger partial charge in [-0.25, -0.2) is 0 Å². The predicted molar refractivity (Wildman–Crippen MR) is 64.3 cm³/mol. The van der Waals surface area contributed by atoms with Crippen molar-refractivity contribution >= 4 is 34.7 Å².